The minimum atomic E-state index is -0.867. The lowest BCUT2D eigenvalue weighted by atomic mass is 10.3. The van der Waals surface area contributed by atoms with Crippen LogP contribution < -0.4 is 0 Å². The number of aromatic nitrogens is 6. The third-order valence-electron chi connectivity index (χ3n) is 3.47. The van der Waals surface area contributed by atoms with Crippen molar-refractivity contribution in [2.24, 2.45) is 7.05 Å². The average molecular weight is 308 g/mol. The number of carboxylic acids is 1. The Morgan fingerprint density at radius 3 is 2.81 bits per heavy atom. The maximum atomic E-state index is 10.8. The van der Waals surface area contributed by atoms with Crippen LogP contribution in [0.1, 0.15) is 43.4 Å². The summed E-state index contributed by atoms with van der Waals surface area (Å²) in [7, 11) is 1.89. The van der Waals surface area contributed by atoms with Gasteiger partial charge >= 0.3 is 5.97 Å². The summed E-state index contributed by atoms with van der Waals surface area (Å²) in [6.07, 6.45) is 3.86. The second-order valence-electron chi connectivity index (χ2n) is 5.14. The number of nitrogens with zero attached hydrogens (tertiary/aromatic N) is 6. The van der Waals surface area contributed by atoms with Gasteiger partial charge in [-0.25, -0.2) is 0 Å². The Kier molecular flexibility index (Phi) is 3.66. The van der Waals surface area contributed by atoms with Gasteiger partial charge in [0.05, 0.1) is 11.8 Å². The van der Waals surface area contributed by atoms with Crippen LogP contribution in [0.5, 0.6) is 0 Å². The van der Waals surface area contributed by atoms with Gasteiger partial charge in [-0.2, -0.15) is 0 Å². The van der Waals surface area contributed by atoms with Crippen molar-refractivity contribution in [1.82, 2.24) is 29.5 Å². The molecule has 3 rings (SSSR count). The van der Waals surface area contributed by atoms with E-state index in [0.29, 0.717) is 11.1 Å². The number of hydrogen-bond donors (Lipinski definition) is 1. The Balaban J connectivity index is 1.95. The number of carbonyl (C=O) groups is 1. The van der Waals surface area contributed by atoms with Crippen molar-refractivity contribution in [3.8, 4) is 0 Å². The van der Waals surface area contributed by atoms with Crippen LogP contribution in [0.15, 0.2) is 11.5 Å². The highest BCUT2D eigenvalue weighted by Crippen LogP contribution is 2.41. The summed E-state index contributed by atoms with van der Waals surface area (Å²) in [5.41, 5.74) is 0. The molecule has 112 valence electrons. The molecule has 1 unspecified atom stereocenters. The van der Waals surface area contributed by atoms with E-state index in [-0.39, 0.29) is 11.8 Å². The minimum Gasteiger partial charge on any atom is -0.481 e. The Morgan fingerprint density at radius 2 is 2.24 bits per heavy atom. The molecule has 0 radical (unpaired) electrons. The van der Waals surface area contributed by atoms with Gasteiger partial charge < -0.3 is 9.67 Å². The number of aliphatic carboxylic acids is 1. The van der Waals surface area contributed by atoms with Crippen LogP contribution in [0, 0.1) is 0 Å². The first-order valence-corrected chi connectivity index (χ1v) is 7.69. The number of hydrogen-bond acceptors (Lipinski definition) is 6. The Bertz CT molecular complexity index is 663. The molecule has 1 N–H and O–H groups in total. The van der Waals surface area contributed by atoms with Gasteiger partial charge in [0.2, 0.25) is 0 Å². The van der Waals surface area contributed by atoms with Crippen LogP contribution >= 0.6 is 11.8 Å². The van der Waals surface area contributed by atoms with E-state index >= 15 is 0 Å². The molecule has 1 aliphatic rings. The fourth-order valence-electron chi connectivity index (χ4n) is 2.28. The van der Waals surface area contributed by atoms with Crippen molar-refractivity contribution in [3.05, 3.63) is 18.0 Å². The van der Waals surface area contributed by atoms with Gasteiger partial charge in [-0.05, 0) is 19.8 Å². The first-order chi connectivity index (χ1) is 10.1. The zero-order valence-electron chi connectivity index (χ0n) is 11.8. The summed E-state index contributed by atoms with van der Waals surface area (Å²) in [5, 5.41) is 25.9. The molecule has 2 heterocycles. The van der Waals surface area contributed by atoms with E-state index in [0.717, 1.165) is 24.5 Å². The first kappa shape index (κ1) is 14.1. The van der Waals surface area contributed by atoms with Crippen molar-refractivity contribution < 1.29 is 9.90 Å². The molecule has 0 saturated heterocycles. The molecule has 0 amide bonds. The molecule has 9 heteroatoms. The second kappa shape index (κ2) is 5.47. The summed E-state index contributed by atoms with van der Waals surface area (Å²) >= 11 is 1.18. The van der Waals surface area contributed by atoms with Crippen LogP contribution in [0.2, 0.25) is 0 Å². The van der Waals surface area contributed by atoms with Gasteiger partial charge in [0.25, 0.3) is 0 Å². The third kappa shape index (κ3) is 2.78. The molecule has 1 atom stereocenters. The van der Waals surface area contributed by atoms with E-state index in [1.807, 2.05) is 23.1 Å². The lowest BCUT2D eigenvalue weighted by Gasteiger charge is -2.16. The van der Waals surface area contributed by atoms with Gasteiger partial charge in [-0.3, -0.25) is 9.36 Å². The highest BCUT2D eigenvalue weighted by Gasteiger charge is 2.33. The SMILES string of the molecule is CC(c1nncn1C)n1c(SCC(=O)O)nnc1C1CC1. The fraction of sp³-hybridized carbons (Fsp3) is 0.583. The molecule has 0 bridgehead atoms. The smallest absolute Gasteiger partial charge is 0.313 e. The Morgan fingerprint density at radius 1 is 1.48 bits per heavy atom. The molecule has 21 heavy (non-hydrogen) atoms. The fourth-order valence-corrected chi connectivity index (χ4v) is 3.02. The van der Waals surface area contributed by atoms with Gasteiger partial charge in [0.15, 0.2) is 11.0 Å². The highest BCUT2D eigenvalue weighted by atomic mass is 32.2. The maximum absolute atomic E-state index is 10.8. The monoisotopic (exact) mass is 308 g/mol. The summed E-state index contributed by atoms with van der Waals surface area (Å²) in [5.74, 6) is 1.24. The predicted octanol–water partition coefficient (Wildman–Crippen LogP) is 1.07. The quantitative estimate of drug-likeness (QED) is 0.797. The minimum absolute atomic E-state index is 0.0334. The van der Waals surface area contributed by atoms with Crippen molar-refractivity contribution in [1.29, 1.82) is 0 Å². The summed E-state index contributed by atoms with van der Waals surface area (Å²) in [6, 6.07) is -0.0839. The van der Waals surface area contributed by atoms with Gasteiger partial charge in [0, 0.05) is 13.0 Å². The van der Waals surface area contributed by atoms with Crippen LogP contribution in [0.25, 0.3) is 0 Å². The van der Waals surface area contributed by atoms with Crippen molar-refractivity contribution in [2.75, 3.05) is 5.75 Å². The number of carboxylic acid groups (broad SMARTS) is 1. The Labute approximate surface area is 125 Å². The molecule has 0 aromatic carbocycles. The Hall–Kier alpha value is -1.90. The predicted molar refractivity (Wildman–Crippen MR) is 75.2 cm³/mol. The molecule has 0 spiro atoms. The average Bonchev–Trinajstić information content (AvgIpc) is 3.06. The number of rotatable bonds is 6. The van der Waals surface area contributed by atoms with E-state index < -0.39 is 5.97 Å². The van der Waals surface area contributed by atoms with Crippen LogP contribution in [0.4, 0.5) is 0 Å². The first-order valence-electron chi connectivity index (χ1n) is 6.71. The second-order valence-corrected chi connectivity index (χ2v) is 6.09. The largest absolute Gasteiger partial charge is 0.481 e. The molecular formula is C12H16N6O2S. The molecular weight excluding hydrogens is 292 g/mol. The zero-order chi connectivity index (χ0) is 15.0. The molecule has 2 aromatic rings. The van der Waals surface area contributed by atoms with Gasteiger partial charge in [-0.15, -0.1) is 20.4 Å². The lowest BCUT2D eigenvalue weighted by Crippen LogP contribution is -2.16. The van der Waals surface area contributed by atoms with Crippen LogP contribution in [-0.2, 0) is 11.8 Å². The molecule has 0 aliphatic heterocycles. The highest BCUT2D eigenvalue weighted by molar-refractivity contribution is 7.99. The standard InChI is InChI=1S/C12H16N6O2S/c1-7(10-14-13-6-17(10)2)18-11(8-3-4-8)15-16-12(18)21-5-9(19)20/h6-8H,3-5H2,1-2H3,(H,19,20). The zero-order valence-corrected chi connectivity index (χ0v) is 12.6. The van der Waals surface area contributed by atoms with E-state index in [1.54, 1.807) is 6.33 Å². The van der Waals surface area contributed by atoms with Crippen molar-refractivity contribution >= 4 is 17.7 Å². The summed E-state index contributed by atoms with van der Waals surface area (Å²) in [6.45, 7) is 2.00. The number of aryl methyl sites for hydroxylation is 1. The summed E-state index contributed by atoms with van der Waals surface area (Å²) in [4.78, 5) is 10.8. The van der Waals surface area contributed by atoms with Gasteiger partial charge in [0.1, 0.15) is 12.2 Å². The normalized spacial score (nSPS) is 16.1. The summed E-state index contributed by atoms with van der Waals surface area (Å²) < 4.78 is 3.85. The molecule has 1 fully saturated rings. The van der Waals surface area contributed by atoms with E-state index in [4.69, 9.17) is 5.11 Å². The maximum Gasteiger partial charge on any atom is 0.313 e. The van der Waals surface area contributed by atoms with Crippen LogP contribution in [0.3, 0.4) is 0 Å². The molecule has 1 aliphatic carbocycles. The molecule has 8 nitrogen and oxygen atoms in total. The topological polar surface area (TPSA) is 98.7 Å². The van der Waals surface area contributed by atoms with E-state index in [2.05, 4.69) is 20.4 Å². The van der Waals surface area contributed by atoms with Crippen molar-refractivity contribution in [2.45, 2.75) is 36.9 Å². The van der Waals surface area contributed by atoms with Crippen molar-refractivity contribution in [3.63, 3.8) is 0 Å². The molecule has 2 aromatic heterocycles. The lowest BCUT2D eigenvalue weighted by molar-refractivity contribution is -0.133. The van der Waals surface area contributed by atoms with Crippen LogP contribution in [-0.4, -0.2) is 46.4 Å². The van der Waals surface area contributed by atoms with E-state index in [9.17, 15) is 4.79 Å². The van der Waals surface area contributed by atoms with Gasteiger partial charge in [-0.1, -0.05) is 11.8 Å². The molecule has 1 saturated carbocycles. The van der Waals surface area contributed by atoms with E-state index in [1.165, 1.54) is 11.8 Å². The number of thioether (sulfide) groups is 1. The third-order valence-corrected chi connectivity index (χ3v) is 4.39.